The standard InChI is InChI=1S/C26H25F3N2O3/c27-26(28,29)22-18-20(31-13-16-33-17-14-31)10-11-23(22)30-25(32)12-15-34-24-9-5-4-8-21(24)19-6-2-1-3-7-19/h1-11,18H,12-17H2,(H,30,32). The molecule has 1 fully saturated rings. The van der Waals surface area contributed by atoms with Crippen LogP contribution in [0.2, 0.25) is 0 Å². The average molecular weight is 470 g/mol. The molecule has 34 heavy (non-hydrogen) atoms. The van der Waals surface area contributed by atoms with Crippen LogP contribution in [-0.2, 0) is 15.7 Å². The third-order valence-electron chi connectivity index (χ3n) is 5.52. The van der Waals surface area contributed by atoms with Crippen LogP contribution in [0, 0.1) is 0 Å². The molecule has 3 aromatic rings. The molecular formula is C26H25F3N2O3. The summed E-state index contributed by atoms with van der Waals surface area (Å²) in [6.07, 6.45) is -4.69. The third-order valence-corrected chi connectivity index (χ3v) is 5.52. The summed E-state index contributed by atoms with van der Waals surface area (Å²) < 4.78 is 52.2. The number of hydrogen-bond acceptors (Lipinski definition) is 4. The summed E-state index contributed by atoms with van der Waals surface area (Å²) in [5, 5.41) is 2.40. The quantitative estimate of drug-likeness (QED) is 0.487. The Kier molecular flexibility index (Phi) is 7.37. The smallest absolute Gasteiger partial charge is 0.418 e. The predicted octanol–water partition coefficient (Wildman–Crippen LogP) is 5.62. The molecule has 0 aromatic heterocycles. The van der Waals surface area contributed by atoms with E-state index in [9.17, 15) is 18.0 Å². The van der Waals surface area contributed by atoms with E-state index < -0.39 is 17.6 Å². The lowest BCUT2D eigenvalue weighted by atomic mass is 10.1. The molecule has 4 rings (SSSR count). The van der Waals surface area contributed by atoms with Crippen LogP contribution in [0.4, 0.5) is 24.5 Å². The minimum Gasteiger partial charge on any atom is -0.492 e. The summed E-state index contributed by atoms with van der Waals surface area (Å²) in [6.45, 7) is 2.00. The molecule has 0 bridgehead atoms. The van der Waals surface area contributed by atoms with Crippen LogP contribution >= 0.6 is 0 Å². The number of morpholine rings is 1. The number of amides is 1. The van der Waals surface area contributed by atoms with E-state index in [0.29, 0.717) is 37.7 Å². The minimum atomic E-state index is -4.60. The molecule has 1 aliphatic rings. The van der Waals surface area contributed by atoms with Crippen molar-refractivity contribution in [2.45, 2.75) is 12.6 Å². The zero-order valence-corrected chi connectivity index (χ0v) is 18.5. The first kappa shape index (κ1) is 23.6. The van der Waals surface area contributed by atoms with Crippen molar-refractivity contribution in [1.82, 2.24) is 0 Å². The molecule has 178 valence electrons. The molecule has 1 saturated heterocycles. The maximum Gasteiger partial charge on any atom is 0.418 e. The van der Waals surface area contributed by atoms with E-state index in [4.69, 9.17) is 9.47 Å². The molecule has 1 aliphatic heterocycles. The van der Waals surface area contributed by atoms with Gasteiger partial charge in [-0.1, -0.05) is 48.5 Å². The summed E-state index contributed by atoms with van der Waals surface area (Å²) in [5.74, 6) is 0.0501. The number of halogens is 3. The van der Waals surface area contributed by atoms with Gasteiger partial charge in [-0.05, 0) is 29.8 Å². The summed E-state index contributed by atoms with van der Waals surface area (Å²) in [6, 6.07) is 21.1. The van der Waals surface area contributed by atoms with Crippen molar-refractivity contribution in [2.75, 3.05) is 43.1 Å². The predicted molar refractivity (Wildman–Crippen MR) is 125 cm³/mol. The Labute approximate surface area is 196 Å². The van der Waals surface area contributed by atoms with Crippen molar-refractivity contribution in [3.63, 3.8) is 0 Å². The molecule has 0 radical (unpaired) electrons. The monoisotopic (exact) mass is 470 g/mol. The van der Waals surface area contributed by atoms with E-state index in [0.717, 1.165) is 17.2 Å². The first-order valence-electron chi connectivity index (χ1n) is 11.0. The Morgan fingerprint density at radius 3 is 2.41 bits per heavy atom. The van der Waals surface area contributed by atoms with Gasteiger partial charge in [-0.2, -0.15) is 13.2 Å². The van der Waals surface area contributed by atoms with Crippen LogP contribution in [0.25, 0.3) is 11.1 Å². The summed E-state index contributed by atoms with van der Waals surface area (Å²) in [5.41, 5.74) is 1.16. The fourth-order valence-electron chi connectivity index (χ4n) is 3.81. The lowest BCUT2D eigenvalue weighted by Gasteiger charge is -2.29. The minimum absolute atomic E-state index is 0.0306. The topological polar surface area (TPSA) is 50.8 Å². The fourth-order valence-corrected chi connectivity index (χ4v) is 3.81. The van der Waals surface area contributed by atoms with E-state index >= 15 is 0 Å². The Morgan fingerprint density at radius 1 is 0.971 bits per heavy atom. The zero-order valence-electron chi connectivity index (χ0n) is 18.5. The number of hydrogen-bond donors (Lipinski definition) is 1. The second-order valence-corrected chi connectivity index (χ2v) is 7.84. The van der Waals surface area contributed by atoms with Crippen molar-refractivity contribution in [3.05, 3.63) is 78.4 Å². The number of benzene rings is 3. The molecule has 8 heteroatoms. The fraction of sp³-hybridized carbons (Fsp3) is 0.269. The van der Waals surface area contributed by atoms with Gasteiger partial charge < -0.3 is 19.7 Å². The van der Waals surface area contributed by atoms with Crippen molar-refractivity contribution >= 4 is 17.3 Å². The Bertz CT molecular complexity index is 1110. The molecule has 0 saturated carbocycles. The highest BCUT2D eigenvalue weighted by atomic mass is 19.4. The molecule has 1 heterocycles. The highest BCUT2D eigenvalue weighted by molar-refractivity contribution is 5.92. The van der Waals surface area contributed by atoms with Crippen LogP contribution in [-0.4, -0.2) is 38.8 Å². The Morgan fingerprint density at radius 2 is 1.68 bits per heavy atom. The Balaban J connectivity index is 1.41. The summed E-state index contributed by atoms with van der Waals surface area (Å²) >= 11 is 0. The van der Waals surface area contributed by atoms with Gasteiger partial charge in [0.25, 0.3) is 0 Å². The van der Waals surface area contributed by atoms with Crippen molar-refractivity contribution in [1.29, 1.82) is 0 Å². The van der Waals surface area contributed by atoms with Crippen LogP contribution in [0.1, 0.15) is 12.0 Å². The SMILES string of the molecule is O=C(CCOc1ccccc1-c1ccccc1)Nc1ccc(N2CCOCC2)cc1C(F)(F)F. The third kappa shape index (κ3) is 5.88. The van der Waals surface area contributed by atoms with E-state index in [-0.39, 0.29) is 18.7 Å². The largest absolute Gasteiger partial charge is 0.492 e. The van der Waals surface area contributed by atoms with Crippen LogP contribution in [0.15, 0.2) is 72.8 Å². The number of para-hydroxylation sites is 1. The van der Waals surface area contributed by atoms with Gasteiger partial charge in [0.15, 0.2) is 0 Å². The second kappa shape index (κ2) is 10.6. The molecule has 5 nitrogen and oxygen atoms in total. The van der Waals surface area contributed by atoms with Gasteiger partial charge in [-0.3, -0.25) is 4.79 Å². The first-order valence-corrected chi connectivity index (χ1v) is 11.0. The van der Waals surface area contributed by atoms with Crippen LogP contribution in [0.5, 0.6) is 5.75 Å². The highest BCUT2D eigenvalue weighted by Gasteiger charge is 2.34. The number of rotatable bonds is 7. The van der Waals surface area contributed by atoms with Crippen molar-refractivity contribution < 1.29 is 27.4 Å². The number of nitrogens with zero attached hydrogens (tertiary/aromatic N) is 1. The van der Waals surface area contributed by atoms with Gasteiger partial charge >= 0.3 is 6.18 Å². The number of alkyl halides is 3. The lowest BCUT2D eigenvalue weighted by Crippen LogP contribution is -2.36. The maximum absolute atomic E-state index is 13.7. The summed E-state index contributed by atoms with van der Waals surface area (Å²) in [4.78, 5) is 14.3. The van der Waals surface area contributed by atoms with Gasteiger partial charge in [0.2, 0.25) is 5.91 Å². The molecule has 3 aromatic carbocycles. The van der Waals surface area contributed by atoms with Gasteiger partial charge in [-0.15, -0.1) is 0 Å². The van der Waals surface area contributed by atoms with Crippen molar-refractivity contribution in [2.24, 2.45) is 0 Å². The first-order chi connectivity index (χ1) is 16.4. The van der Waals surface area contributed by atoms with E-state index in [1.807, 2.05) is 53.4 Å². The van der Waals surface area contributed by atoms with Gasteiger partial charge in [-0.25, -0.2) is 0 Å². The maximum atomic E-state index is 13.7. The number of carbonyl (C=O) groups is 1. The van der Waals surface area contributed by atoms with Gasteiger partial charge in [0.1, 0.15) is 5.75 Å². The number of carbonyl (C=O) groups excluding carboxylic acids is 1. The average Bonchev–Trinajstić information content (AvgIpc) is 2.85. The van der Waals surface area contributed by atoms with E-state index in [1.165, 1.54) is 6.07 Å². The lowest BCUT2D eigenvalue weighted by molar-refractivity contribution is -0.136. The van der Waals surface area contributed by atoms with Gasteiger partial charge in [0.05, 0.1) is 37.5 Å². The van der Waals surface area contributed by atoms with Gasteiger partial charge in [0, 0.05) is 24.3 Å². The number of nitrogens with one attached hydrogen (secondary N) is 1. The molecule has 1 N–H and O–H groups in total. The second-order valence-electron chi connectivity index (χ2n) is 7.84. The normalized spacial score (nSPS) is 14.0. The molecule has 0 spiro atoms. The number of anilines is 2. The molecule has 0 aliphatic carbocycles. The summed E-state index contributed by atoms with van der Waals surface area (Å²) in [7, 11) is 0. The highest BCUT2D eigenvalue weighted by Crippen LogP contribution is 2.37. The molecule has 0 atom stereocenters. The molecule has 1 amide bonds. The van der Waals surface area contributed by atoms with E-state index in [1.54, 1.807) is 12.1 Å². The van der Waals surface area contributed by atoms with Crippen LogP contribution < -0.4 is 15.0 Å². The Hall–Kier alpha value is -3.52. The van der Waals surface area contributed by atoms with E-state index in [2.05, 4.69) is 5.32 Å². The molecular weight excluding hydrogens is 445 g/mol. The number of ether oxygens (including phenoxy) is 2. The molecule has 0 unspecified atom stereocenters. The van der Waals surface area contributed by atoms with Crippen LogP contribution in [0.3, 0.4) is 0 Å². The zero-order chi connectivity index (χ0) is 24.0. The van der Waals surface area contributed by atoms with Crippen molar-refractivity contribution in [3.8, 4) is 16.9 Å².